The maximum Gasteiger partial charge on any atom is 0.395 e. The fourth-order valence-electron chi connectivity index (χ4n) is 3.78. The second-order valence-electron chi connectivity index (χ2n) is 7.25. The van der Waals surface area contributed by atoms with Gasteiger partial charge in [0.2, 0.25) is 5.95 Å². The highest BCUT2D eigenvalue weighted by molar-refractivity contribution is 5.86. The van der Waals surface area contributed by atoms with Crippen LogP contribution in [0.15, 0.2) is 23.1 Å². The number of anilines is 1. The monoisotopic (exact) mass is 382 g/mol. The summed E-state index contributed by atoms with van der Waals surface area (Å²) in [5.41, 5.74) is 0.200. The lowest BCUT2D eigenvalue weighted by molar-refractivity contribution is -0.149. The zero-order chi connectivity index (χ0) is 19.6. The summed E-state index contributed by atoms with van der Waals surface area (Å²) in [7, 11) is 0. The van der Waals surface area contributed by atoms with Gasteiger partial charge in [0.1, 0.15) is 12.3 Å². The molecular formula is C19H22N6O3. The molecule has 9 nitrogen and oxygen atoms in total. The Bertz CT molecular complexity index is 874. The molecule has 0 atom stereocenters. The van der Waals surface area contributed by atoms with Gasteiger partial charge < -0.3 is 19.0 Å². The molecule has 0 spiro atoms. The van der Waals surface area contributed by atoms with Crippen LogP contribution < -0.4 is 9.64 Å². The molecule has 1 amide bonds. The van der Waals surface area contributed by atoms with E-state index in [1.807, 2.05) is 17.9 Å². The van der Waals surface area contributed by atoms with Crippen LogP contribution in [-0.4, -0.2) is 57.5 Å². The van der Waals surface area contributed by atoms with Crippen LogP contribution in [0.25, 0.3) is 0 Å². The van der Waals surface area contributed by atoms with Crippen molar-refractivity contribution in [1.82, 2.24) is 19.9 Å². The SMILES string of the molecule is Cc1cnc(N2CCN(C(=O)C3(Oc4nc(C#N)co4)CCCC3)CC2)nc1. The molecule has 28 heavy (non-hydrogen) atoms. The summed E-state index contributed by atoms with van der Waals surface area (Å²) >= 11 is 0. The van der Waals surface area contributed by atoms with E-state index in [0.717, 1.165) is 18.4 Å². The van der Waals surface area contributed by atoms with Gasteiger partial charge >= 0.3 is 6.08 Å². The molecule has 3 heterocycles. The molecule has 1 aliphatic carbocycles. The second kappa shape index (κ2) is 7.46. The van der Waals surface area contributed by atoms with Gasteiger partial charge in [0.15, 0.2) is 11.3 Å². The van der Waals surface area contributed by atoms with Crippen molar-refractivity contribution in [2.24, 2.45) is 0 Å². The van der Waals surface area contributed by atoms with Crippen LogP contribution in [-0.2, 0) is 4.79 Å². The van der Waals surface area contributed by atoms with Crippen molar-refractivity contribution in [2.45, 2.75) is 38.2 Å². The number of hydrogen-bond acceptors (Lipinski definition) is 8. The number of hydrogen-bond donors (Lipinski definition) is 0. The lowest BCUT2D eigenvalue weighted by Crippen LogP contribution is -2.57. The van der Waals surface area contributed by atoms with Crippen LogP contribution in [0, 0.1) is 18.3 Å². The van der Waals surface area contributed by atoms with Crippen molar-refractivity contribution in [2.75, 3.05) is 31.1 Å². The number of aromatic nitrogens is 3. The predicted octanol–water partition coefficient (Wildman–Crippen LogP) is 1.69. The Kier molecular flexibility index (Phi) is 4.86. The number of nitrogens with zero attached hydrogens (tertiary/aromatic N) is 6. The van der Waals surface area contributed by atoms with Crippen LogP contribution in [0.4, 0.5) is 5.95 Å². The van der Waals surface area contributed by atoms with Crippen molar-refractivity contribution in [1.29, 1.82) is 5.26 Å². The van der Waals surface area contributed by atoms with E-state index in [-0.39, 0.29) is 17.7 Å². The number of oxazole rings is 1. The summed E-state index contributed by atoms with van der Waals surface area (Å²) in [6, 6.07) is 1.90. The second-order valence-corrected chi connectivity index (χ2v) is 7.25. The zero-order valence-electron chi connectivity index (χ0n) is 15.8. The molecule has 4 rings (SSSR count). The summed E-state index contributed by atoms with van der Waals surface area (Å²) < 4.78 is 11.1. The molecule has 2 aromatic rings. The van der Waals surface area contributed by atoms with Gasteiger partial charge in [-0.2, -0.15) is 10.2 Å². The first-order valence-corrected chi connectivity index (χ1v) is 9.47. The Balaban J connectivity index is 1.43. The number of rotatable bonds is 4. The Morgan fingerprint density at radius 1 is 1.21 bits per heavy atom. The van der Waals surface area contributed by atoms with Crippen molar-refractivity contribution in [3.05, 3.63) is 29.9 Å². The Labute approximate surface area is 162 Å². The molecule has 0 radical (unpaired) electrons. The highest BCUT2D eigenvalue weighted by Crippen LogP contribution is 2.36. The highest BCUT2D eigenvalue weighted by Gasteiger charge is 2.47. The van der Waals surface area contributed by atoms with Crippen molar-refractivity contribution in [3.63, 3.8) is 0 Å². The Hall–Kier alpha value is -3.15. The first kappa shape index (κ1) is 18.2. The molecule has 2 aliphatic rings. The third-order valence-electron chi connectivity index (χ3n) is 5.30. The fourth-order valence-corrected chi connectivity index (χ4v) is 3.78. The first-order valence-electron chi connectivity index (χ1n) is 9.47. The molecule has 0 N–H and O–H groups in total. The minimum atomic E-state index is -0.958. The van der Waals surface area contributed by atoms with E-state index >= 15 is 0 Å². The standard InChI is InChI=1S/C19H22N6O3/c1-14-11-21-17(22-12-14)25-8-6-24(7-9-25)16(26)19(4-2-3-5-19)28-18-23-15(10-20)13-27-18/h11-13H,2-9H2,1H3. The molecule has 2 fully saturated rings. The number of ether oxygens (including phenoxy) is 1. The number of nitriles is 1. The van der Waals surface area contributed by atoms with Gasteiger partial charge in [-0.1, -0.05) is 0 Å². The number of amides is 1. The van der Waals surface area contributed by atoms with E-state index in [4.69, 9.17) is 14.4 Å². The van der Waals surface area contributed by atoms with E-state index in [9.17, 15) is 4.79 Å². The molecule has 2 aromatic heterocycles. The predicted molar refractivity (Wildman–Crippen MR) is 98.6 cm³/mol. The van der Waals surface area contributed by atoms with Crippen molar-refractivity contribution < 1.29 is 13.9 Å². The summed E-state index contributed by atoms with van der Waals surface area (Å²) in [5, 5.41) is 8.90. The average molecular weight is 382 g/mol. The molecule has 0 unspecified atom stereocenters. The van der Waals surface area contributed by atoms with Crippen molar-refractivity contribution in [3.8, 4) is 12.1 Å². The molecule has 1 saturated carbocycles. The molecule has 0 bridgehead atoms. The van der Waals surface area contributed by atoms with Gasteiger partial charge in [0.05, 0.1) is 0 Å². The smallest absolute Gasteiger partial charge is 0.395 e. The van der Waals surface area contributed by atoms with Gasteiger partial charge in [0.25, 0.3) is 5.91 Å². The summed E-state index contributed by atoms with van der Waals surface area (Å²) in [4.78, 5) is 29.9. The van der Waals surface area contributed by atoms with E-state index in [1.165, 1.54) is 6.26 Å². The van der Waals surface area contributed by atoms with Gasteiger partial charge in [-0.15, -0.1) is 0 Å². The Morgan fingerprint density at radius 3 is 2.50 bits per heavy atom. The fraction of sp³-hybridized carbons (Fsp3) is 0.526. The van der Waals surface area contributed by atoms with Gasteiger partial charge in [-0.05, 0) is 38.2 Å². The van der Waals surface area contributed by atoms with Gasteiger partial charge in [-0.25, -0.2) is 9.97 Å². The van der Waals surface area contributed by atoms with Gasteiger partial charge in [0, 0.05) is 38.6 Å². The maximum absolute atomic E-state index is 13.3. The van der Waals surface area contributed by atoms with Crippen LogP contribution in [0.3, 0.4) is 0 Å². The minimum Gasteiger partial charge on any atom is -0.433 e. The number of piperazine rings is 1. The summed E-state index contributed by atoms with van der Waals surface area (Å²) in [5.74, 6) is 0.652. The lowest BCUT2D eigenvalue weighted by atomic mass is 9.99. The third kappa shape index (κ3) is 3.50. The molecule has 1 saturated heterocycles. The normalized spacial score (nSPS) is 18.7. The minimum absolute atomic E-state index is 0.0153. The summed E-state index contributed by atoms with van der Waals surface area (Å²) in [6.07, 6.45) is 7.89. The van der Waals surface area contributed by atoms with Crippen molar-refractivity contribution >= 4 is 11.9 Å². The highest BCUT2D eigenvalue weighted by atomic mass is 16.6. The lowest BCUT2D eigenvalue weighted by Gasteiger charge is -2.39. The quantitative estimate of drug-likeness (QED) is 0.786. The van der Waals surface area contributed by atoms with E-state index in [0.29, 0.717) is 45.0 Å². The molecule has 1 aliphatic heterocycles. The van der Waals surface area contributed by atoms with E-state index in [2.05, 4.69) is 19.9 Å². The van der Waals surface area contributed by atoms with Gasteiger partial charge in [-0.3, -0.25) is 4.79 Å². The maximum atomic E-state index is 13.3. The Morgan fingerprint density at radius 2 is 1.89 bits per heavy atom. The average Bonchev–Trinajstić information content (AvgIpc) is 3.39. The molecular weight excluding hydrogens is 360 g/mol. The first-order chi connectivity index (χ1) is 13.6. The molecule has 0 aromatic carbocycles. The van der Waals surface area contributed by atoms with Crippen LogP contribution >= 0.6 is 0 Å². The van der Waals surface area contributed by atoms with Crippen LogP contribution in [0.1, 0.15) is 36.9 Å². The van der Waals surface area contributed by atoms with Crippen LogP contribution in [0.5, 0.6) is 6.08 Å². The number of carbonyl (C=O) groups excluding carboxylic acids is 1. The van der Waals surface area contributed by atoms with Crippen LogP contribution in [0.2, 0.25) is 0 Å². The number of aryl methyl sites for hydroxylation is 1. The third-order valence-corrected chi connectivity index (χ3v) is 5.30. The molecule has 9 heteroatoms. The summed E-state index contributed by atoms with van der Waals surface area (Å²) in [6.45, 7) is 4.45. The largest absolute Gasteiger partial charge is 0.433 e. The molecule has 146 valence electrons. The van der Waals surface area contributed by atoms with E-state index < -0.39 is 5.60 Å². The number of carbonyl (C=O) groups is 1. The topological polar surface area (TPSA) is 108 Å². The van der Waals surface area contributed by atoms with E-state index in [1.54, 1.807) is 12.4 Å². The zero-order valence-corrected chi connectivity index (χ0v) is 15.8.